The van der Waals surface area contributed by atoms with E-state index in [1.807, 2.05) is 24.3 Å². The number of hydrogen-bond donors (Lipinski definition) is 2. The molecule has 7 heteroatoms. The molecule has 1 atom stereocenters. The molecule has 1 aliphatic rings. The summed E-state index contributed by atoms with van der Waals surface area (Å²) in [6, 6.07) is 7.88. The molecular formula is C18H24N4O3. The number of nitrogens with zero attached hydrogens (tertiary/aromatic N) is 2. The maximum Gasteiger partial charge on any atom is 0.222 e. The Balaban J connectivity index is 1.62. The number of methoxy groups -OCH3 is 2. The van der Waals surface area contributed by atoms with Gasteiger partial charge in [0.05, 0.1) is 26.5 Å². The van der Waals surface area contributed by atoms with Crippen LogP contribution in [0.1, 0.15) is 23.6 Å². The van der Waals surface area contributed by atoms with Crippen LogP contribution >= 0.6 is 0 Å². The van der Waals surface area contributed by atoms with Crippen molar-refractivity contribution in [1.29, 1.82) is 0 Å². The molecule has 0 spiro atoms. The van der Waals surface area contributed by atoms with E-state index in [1.165, 1.54) is 0 Å². The largest absolute Gasteiger partial charge is 0.493 e. The van der Waals surface area contributed by atoms with Crippen LogP contribution in [-0.2, 0) is 11.2 Å². The topological polar surface area (TPSA) is 91.5 Å². The van der Waals surface area contributed by atoms with Crippen molar-refractivity contribution in [2.75, 3.05) is 45.0 Å². The van der Waals surface area contributed by atoms with E-state index in [4.69, 9.17) is 19.9 Å². The lowest BCUT2D eigenvalue weighted by atomic mass is 10.0. The molecule has 0 saturated carbocycles. The van der Waals surface area contributed by atoms with Crippen LogP contribution in [0, 0.1) is 0 Å². The number of aromatic nitrogens is 2. The lowest BCUT2D eigenvalue weighted by molar-refractivity contribution is 0.193. The minimum Gasteiger partial charge on any atom is -0.493 e. The highest BCUT2D eigenvalue weighted by Gasteiger charge is 2.20. The van der Waals surface area contributed by atoms with Crippen molar-refractivity contribution in [3.8, 4) is 11.5 Å². The van der Waals surface area contributed by atoms with Gasteiger partial charge in [-0.25, -0.2) is 4.98 Å². The molecule has 1 fully saturated rings. The number of anilines is 2. The Morgan fingerprint density at radius 3 is 2.76 bits per heavy atom. The molecule has 0 amide bonds. The molecule has 25 heavy (non-hydrogen) atoms. The number of nitrogens with one attached hydrogen (secondary N) is 1. The fourth-order valence-electron chi connectivity index (χ4n) is 2.92. The van der Waals surface area contributed by atoms with E-state index in [-0.39, 0.29) is 5.95 Å². The first-order valence-electron chi connectivity index (χ1n) is 8.36. The third kappa shape index (κ3) is 4.30. The Bertz CT molecular complexity index is 717. The van der Waals surface area contributed by atoms with Gasteiger partial charge in [0.25, 0.3) is 0 Å². The smallest absolute Gasteiger partial charge is 0.222 e. The van der Waals surface area contributed by atoms with Crippen LogP contribution in [0.3, 0.4) is 0 Å². The van der Waals surface area contributed by atoms with Gasteiger partial charge in [-0.1, -0.05) is 6.07 Å². The van der Waals surface area contributed by atoms with Crippen molar-refractivity contribution in [2.24, 2.45) is 0 Å². The number of rotatable bonds is 7. The predicted octanol–water partition coefficient (Wildman–Crippen LogP) is 2.23. The summed E-state index contributed by atoms with van der Waals surface area (Å²) in [6.07, 6.45) is 1.80. The van der Waals surface area contributed by atoms with Gasteiger partial charge in [0, 0.05) is 25.1 Å². The molecule has 1 aliphatic heterocycles. The van der Waals surface area contributed by atoms with Gasteiger partial charge in [0.2, 0.25) is 5.95 Å². The molecule has 2 heterocycles. The number of benzene rings is 1. The fraction of sp³-hybridized carbons (Fsp3) is 0.444. The quantitative estimate of drug-likeness (QED) is 0.796. The van der Waals surface area contributed by atoms with Crippen molar-refractivity contribution in [2.45, 2.75) is 18.8 Å². The highest BCUT2D eigenvalue weighted by atomic mass is 16.5. The van der Waals surface area contributed by atoms with Crippen LogP contribution in [0.4, 0.5) is 11.8 Å². The standard InChI is InChI=1S/C18H24N4O3/c1-23-15-4-3-12(9-16(15)24-2)5-7-20-17-10-14(21-18(19)22-17)13-6-8-25-11-13/h3-4,9-10,13H,5-8,11H2,1-2H3,(H3,19,20,21,22)/t13-/m0/s1. The zero-order valence-corrected chi connectivity index (χ0v) is 14.6. The molecule has 1 saturated heterocycles. The molecule has 3 N–H and O–H groups in total. The maximum atomic E-state index is 5.85. The van der Waals surface area contributed by atoms with Gasteiger partial charge < -0.3 is 25.3 Å². The van der Waals surface area contributed by atoms with Crippen LogP contribution in [-0.4, -0.2) is 43.9 Å². The first kappa shape index (κ1) is 17.3. The van der Waals surface area contributed by atoms with E-state index in [0.717, 1.165) is 54.6 Å². The van der Waals surface area contributed by atoms with Crippen molar-refractivity contribution in [1.82, 2.24) is 9.97 Å². The van der Waals surface area contributed by atoms with E-state index >= 15 is 0 Å². The molecule has 0 aliphatic carbocycles. The normalized spacial score (nSPS) is 16.6. The Kier molecular flexibility index (Phi) is 5.55. The summed E-state index contributed by atoms with van der Waals surface area (Å²) in [5, 5.41) is 3.32. The fourth-order valence-corrected chi connectivity index (χ4v) is 2.92. The van der Waals surface area contributed by atoms with Crippen molar-refractivity contribution >= 4 is 11.8 Å². The number of ether oxygens (including phenoxy) is 3. The van der Waals surface area contributed by atoms with Gasteiger partial charge in [-0.2, -0.15) is 4.98 Å². The van der Waals surface area contributed by atoms with E-state index in [1.54, 1.807) is 14.2 Å². The minimum atomic E-state index is 0.290. The van der Waals surface area contributed by atoms with Gasteiger partial charge in [-0.15, -0.1) is 0 Å². The Morgan fingerprint density at radius 2 is 2.04 bits per heavy atom. The highest BCUT2D eigenvalue weighted by Crippen LogP contribution is 2.28. The molecule has 1 aromatic heterocycles. The van der Waals surface area contributed by atoms with Crippen molar-refractivity contribution in [3.63, 3.8) is 0 Å². The minimum absolute atomic E-state index is 0.290. The van der Waals surface area contributed by atoms with E-state index in [2.05, 4.69) is 15.3 Å². The third-order valence-corrected chi connectivity index (χ3v) is 4.28. The maximum absolute atomic E-state index is 5.85. The lowest BCUT2D eigenvalue weighted by Gasteiger charge is -2.12. The molecular weight excluding hydrogens is 320 g/mol. The Labute approximate surface area is 147 Å². The second-order valence-corrected chi connectivity index (χ2v) is 5.96. The third-order valence-electron chi connectivity index (χ3n) is 4.28. The van der Waals surface area contributed by atoms with Gasteiger partial charge in [-0.05, 0) is 30.5 Å². The SMILES string of the molecule is COc1ccc(CCNc2cc([C@H]3CCOC3)nc(N)n2)cc1OC. The average Bonchev–Trinajstić information content (AvgIpc) is 3.16. The number of hydrogen-bond acceptors (Lipinski definition) is 7. The molecule has 0 unspecified atom stereocenters. The summed E-state index contributed by atoms with van der Waals surface area (Å²) >= 11 is 0. The van der Waals surface area contributed by atoms with Gasteiger partial charge in [-0.3, -0.25) is 0 Å². The molecule has 1 aromatic carbocycles. The summed E-state index contributed by atoms with van der Waals surface area (Å²) in [5.74, 6) is 2.80. The van der Waals surface area contributed by atoms with E-state index in [9.17, 15) is 0 Å². The summed E-state index contributed by atoms with van der Waals surface area (Å²) in [7, 11) is 3.27. The van der Waals surface area contributed by atoms with Gasteiger partial charge in [0.1, 0.15) is 5.82 Å². The molecule has 0 bridgehead atoms. The average molecular weight is 344 g/mol. The van der Waals surface area contributed by atoms with Crippen molar-refractivity contribution in [3.05, 3.63) is 35.5 Å². The molecule has 2 aromatic rings. The molecule has 3 rings (SSSR count). The van der Waals surface area contributed by atoms with Crippen LogP contribution in [0.5, 0.6) is 11.5 Å². The lowest BCUT2D eigenvalue weighted by Crippen LogP contribution is -2.11. The predicted molar refractivity (Wildman–Crippen MR) is 96.4 cm³/mol. The zero-order valence-electron chi connectivity index (χ0n) is 14.6. The summed E-state index contributed by atoms with van der Waals surface area (Å²) in [5.41, 5.74) is 7.94. The van der Waals surface area contributed by atoms with Crippen LogP contribution in [0.25, 0.3) is 0 Å². The summed E-state index contributed by atoms with van der Waals surface area (Å²) in [6.45, 7) is 2.20. The second-order valence-electron chi connectivity index (χ2n) is 5.96. The summed E-state index contributed by atoms with van der Waals surface area (Å²) in [4.78, 5) is 8.61. The highest BCUT2D eigenvalue weighted by molar-refractivity contribution is 5.44. The van der Waals surface area contributed by atoms with Crippen LogP contribution in [0.2, 0.25) is 0 Å². The van der Waals surface area contributed by atoms with E-state index in [0.29, 0.717) is 12.5 Å². The molecule has 134 valence electrons. The number of nitrogen functional groups attached to an aromatic ring is 1. The van der Waals surface area contributed by atoms with Crippen LogP contribution in [0.15, 0.2) is 24.3 Å². The molecule has 7 nitrogen and oxygen atoms in total. The summed E-state index contributed by atoms with van der Waals surface area (Å²) < 4.78 is 16.0. The van der Waals surface area contributed by atoms with Crippen LogP contribution < -0.4 is 20.5 Å². The monoisotopic (exact) mass is 344 g/mol. The Morgan fingerprint density at radius 1 is 1.20 bits per heavy atom. The zero-order chi connectivity index (χ0) is 17.6. The first-order chi connectivity index (χ1) is 12.2. The molecule has 0 radical (unpaired) electrons. The second kappa shape index (κ2) is 8.02. The van der Waals surface area contributed by atoms with Gasteiger partial charge in [0.15, 0.2) is 11.5 Å². The van der Waals surface area contributed by atoms with E-state index < -0.39 is 0 Å². The van der Waals surface area contributed by atoms with Crippen molar-refractivity contribution < 1.29 is 14.2 Å². The Hall–Kier alpha value is -2.54. The number of nitrogens with two attached hydrogens (primary N) is 1. The van der Waals surface area contributed by atoms with Gasteiger partial charge >= 0.3 is 0 Å². The first-order valence-corrected chi connectivity index (χ1v) is 8.36.